The van der Waals surface area contributed by atoms with Crippen molar-refractivity contribution in [2.75, 3.05) is 0 Å². The van der Waals surface area contributed by atoms with Crippen molar-refractivity contribution in [3.05, 3.63) is 22.6 Å². The molecule has 2 heterocycles. The number of pyridine rings is 1. The van der Waals surface area contributed by atoms with E-state index in [-0.39, 0.29) is 0 Å². The van der Waals surface area contributed by atoms with Crippen molar-refractivity contribution in [3.63, 3.8) is 0 Å². The van der Waals surface area contributed by atoms with Gasteiger partial charge in [-0.1, -0.05) is 6.92 Å². The van der Waals surface area contributed by atoms with Gasteiger partial charge in [0.2, 0.25) is 0 Å². The number of carboxylic acid groups (broad SMARTS) is 1. The lowest BCUT2D eigenvalue weighted by atomic mass is 10.1. The van der Waals surface area contributed by atoms with Gasteiger partial charge < -0.3 is 5.11 Å². The van der Waals surface area contributed by atoms with Gasteiger partial charge in [-0.25, -0.2) is 14.8 Å². The summed E-state index contributed by atoms with van der Waals surface area (Å²) in [6, 6.07) is 1.84. The Kier molecular flexibility index (Phi) is 3.14. The summed E-state index contributed by atoms with van der Waals surface area (Å²) in [4.78, 5) is 20.1. The molecule has 0 aliphatic rings. The summed E-state index contributed by atoms with van der Waals surface area (Å²) in [5.74, 6) is -0.177. The molecule has 0 atom stereocenters. The molecular formula is C12H14BrN3O2. The summed E-state index contributed by atoms with van der Waals surface area (Å²) in [7, 11) is 0. The van der Waals surface area contributed by atoms with Gasteiger partial charge in [-0.3, -0.25) is 4.57 Å². The molecule has 1 N–H and O–H groups in total. The summed E-state index contributed by atoms with van der Waals surface area (Å²) < 4.78 is 2.52. The number of aryl methyl sites for hydroxylation is 1. The predicted octanol–water partition coefficient (Wildman–Crippen LogP) is 2.58. The number of imidazole rings is 1. The normalized spacial score (nSPS) is 12.0. The van der Waals surface area contributed by atoms with Crippen LogP contribution in [0.1, 0.15) is 26.6 Å². The zero-order valence-electron chi connectivity index (χ0n) is 10.4. The van der Waals surface area contributed by atoms with Crippen LogP contribution in [-0.2, 0) is 16.8 Å². The quantitative estimate of drug-likeness (QED) is 0.946. The second-order valence-electron chi connectivity index (χ2n) is 4.58. The van der Waals surface area contributed by atoms with Gasteiger partial charge in [0.1, 0.15) is 16.9 Å². The molecule has 0 radical (unpaired) electrons. The van der Waals surface area contributed by atoms with Gasteiger partial charge in [0.25, 0.3) is 0 Å². The van der Waals surface area contributed by atoms with Crippen LogP contribution in [0, 0.1) is 0 Å². The SMILES string of the molecule is CCc1nc2cc(Br)cnc2n1C(C)(C)C(=O)O. The summed E-state index contributed by atoms with van der Waals surface area (Å²) in [6.07, 6.45) is 2.31. The first kappa shape index (κ1) is 13.0. The standard InChI is InChI=1S/C12H14BrN3O2/c1-4-9-15-8-5-7(13)6-14-10(8)16(9)12(2,3)11(17)18/h5-6H,4H2,1-3H3,(H,17,18). The van der Waals surface area contributed by atoms with E-state index in [1.54, 1.807) is 24.6 Å². The van der Waals surface area contributed by atoms with E-state index in [1.165, 1.54) is 0 Å². The predicted molar refractivity (Wildman–Crippen MR) is 71.6 cm³/mol. The molecule has 96 valence electrons. The van der Waals surface area contributed by atoms with Gasteiger partial charge in [-0.05, 0) is 35.8 Å². The summed E-state index contributed by atoms with van der Waals surface area (Å²) in [6.45, 7) is 5.25. The van der Waals surface area contributed by atoms with Crippen LogP contribution in [0.15, 0.2) is 16.7 Å². The monoisotopic (exact) mass is 311 g/mol. The van der Waals surface area contributed by atoms with E-state index in [0.29, 0.717) is 17.6 Å². The van der Waals surface area contributed by atoms with Crippen molar-refractivity contribution in [2.24, 2.45) is 0 Å². The molecule has 0 aliphatic carbocycles. The number of carboxylic acids is 1. The van der Waals surface area contributed by atoms with Crippen LogP contribution in [0.5, 0.6) is 0 Å². The van der Waals surface area contributed by atoms with E-state index in [2.05, 4.69) is 25.9 Å². The number of rotatable bonds is 3. The van der Waals surface area contributed by atoms with Gasteiger partial charge in [-0.2, -0.15) is 0 Å². The maximum Gasteiger partial charge on any atom is 0.329 e. The van der Waals surface area contributed by atoms with Crippen molar-refractivity contribution >= 4 is 33.1 Å². The molecule has 0 unspecified atom stereocenters. The van der Waals surface area contributed by atoms with Crippen molar-refractivity contribution in [3.8, 4) is 0 Å². The van der Waals surface area contributed by atoms with Crippen molar-refractivity contribution in [1.29, 1.82) is 0 Å². The van der Waals surface area contributed by atoms with Crippen LogP contribution in [0.3, 0.4) is 0 Å². The molecule has 0 aliphatic heterocycles. The highest BCUT2D eigenvalue weighted by Gasteiger charge is 2.33. The molecule has 2 aromatic rings. The number of fused-ring (bicyclic) bond motifs is 1. The Morgan fingerprint density at radius 2 is 2.22 bits per heavy atom. The third-order valence-corrected chi connectivity index (χ3v) is 3.37. The minimum absolute atomic E-state index is 0.599. The smallest absolute Gasteiger partial charge is 0.329 e. The lowest BCUT2D eigenvalue weighted by Gasteiger charge is -2.23. The molecule has 2 aromatic heterocycles. The number of aromatic nitrogens is 3. The lowest BCUT2D eigenvalue weighted by molar-refractivity contribution is -0.145. The van der Waals surface area contributed by atoms with E-state index in [0.717, 1.165) is 10.3 Å². The molecule has 0 saturated carbocycles. The summed E-state index contributed by atoms with van der Waals surface area (Å²) in [5.41, 5.74) is 0.235. The fourth-order valence-electron chi connectivity index (χ4n) is 1.91. The van der Waals surface area contributed by atoms with Crippen LogP contribution in [0.4, 0.5) is 0 Å². The van der Waals surface area contributed by atoms with E-state index < -0.39 is 11.5 Å². The van der Waals surface area contributed by atoms with Gasteiger partial charge >= 0.3 is 5.97 Å². The highest BCUT2D eigenvalue weighted by molar-refractivity contribution is 9.10. The van der Waals surface area contributed by atoms with E-state index in [1.807, 2.05) is 13.0 Å². The van der Waals surface area contributed by atoms with Crippen LogP contribution < -0.4 is 0 Å². The van der Waals surface area contributed by atoms with Crippen molar-refractivity contribution in [1.82, 2.24) is 14.5 Å². The van der Waals surface area contributed by atoms with Crippen molar-refractivity contribution < 1.29 is 9.90 Å². The fourth-order valence-corrected chi connectivity index (χ4v) is 2.23. The third-order valence-electron chi connectivity index (χ3n) is 2.93. The Balaban J connectivity index is 2.79. The number of hydrogen-bond acceptors (Lipinski definition) is 3. The van der Waals surface area contributed by atoms with Gasteiger partial charge in [0.05, 0.1) is 0 Å². The first-order chi connectivity index (χ1) is 8.37. The number of carbonyl (C=O) groups is 1. The van der Waals surface area contributed by atoms with E-state index >= 15 is 0 Å². The highest BCUT2D eigenvalue weighted by Crippen LogP contribution is 2.26. The van der Waals surface area contributed by atoms with E-state index in [4.69, 9.17) is 0 Å². The molecule has 18 heavy (non-hydrogen) atoms. The minimum atomic E-state index is -1.07. The third kappa shape index (κ3) is 1.90. The summed E-state index contributed by atoms with van der Waals surface area (Å²) >= 11 is 3.34. The molecule has 6 heteroatoms. The molecule has 0 bridgehead atoms. The minimum Gasteiger partial charge on any atom is -0.480 e. The zero-order valence-corrected chi connectivity index (χ0v) is 12.0. The lowest BCUT2D eigenvalue weighted by Crippen LogP contribution is -2.37. The molecule has 0 amide bonds. The van der Waals surface area contributed by atoms with Gasteiger partial charge in [0, 0.05) is 17.1 Å². The molecule has 0 saturated heterocycles. The van der Waals surface area contributed by atoms with Crippen LogP contribution in [0.25, 0.3) is 11.2 Å². The summed E-state index contributed by atoms with van der Waals surface area (Å²) in [5, 5.41) is 9.36. The maximum atomic E-state index is 11.4. The maximum absolute atomic E-state index is 11.4. The Morgan fingerprint density at radius 1 is 1.56 bits per heavy atom. The first-order valence-corrected chi connectivity index (χ1v) is 6.44. The average Bonchev–Trinajstić information content (AvgIpc) is 2.66. The number of hydrogen-bond donors (Lipinski definition) is 1. The van der Waals surface area contributed by atoms with Crippen molar-refractivity contribution in [2.45, 2.75) is 32.7 Å². The number of nitrogens with zero attached hydrogens (tertiary/aromatic N) is 3. The second-order valence-corrected chi connectivity index (χ2v) is 5.49. The Hall–Kier alpha value is -1.43. The highest BCUT2D eigenvalue weighted by atomic mass is 79.9. The molecule has 5 nitrogen and oxygen atoms in total. The Labute approximate surface area is 113 Å². The van der Waals surface area contributed by atoms with Crippen LogP contribution >= 0.6 is 15.9 Å². The zero-order chi connectivity index (χ0) is 13.5. The molecule has 0 spiro atoms. The Morgan fingerprint density at radius 3 is 2.78 bits per heavy atom. The topological polar surface area (TPSA) is 68.0 Å². The number of halogens is 1. The largest absolute Gasteiger partial charge is 0.480 e. The second kappa shape index (κ2) is 4.35. The number of aliphatic carboxylic acids is 1. The molecule has 2 rings (SSSR count). The van der Waals surface area contributed by atoms with Gasteiger partial charge in [0.15, 0.2) is 5.65 Å². The molecule has 0 aromatic carbocycles. The van der Waals surface area contributed by atoms with E-state index in [9.17, 15) is 9.90 Å². The molecule has 0 fully saturated rings. The average molecular weight is 312 g/mol. The Bertz CT molecular complexity index is 619. The first-order valence-electron chi connectivity index (χ1n) is 5.64. The van der Waals surface area contributed by atoms with Crippen LogP contribution in [0.2, 0.25) is 0 Å². The van der Waals surface area contributed by atoms with Crippen LogP contribution in [-0.4, -0.2) is 25.6 Å². The molecular weight excluding hydrogens is 298 g/mol. The fraction of sp³-hybridized carbons (Fsp3) is 0.417. The van der Waals surface area contributed by atoms with Gasteiger partial charge in [-0.15, -0.1) is 0 Å².